The van der Waals surface area contributed by atoms with Crippen molar-refractivity contribution in [2.45, 2.75) is 130 Å². The normalized spacial score (nSPS) is 13.9. The standard InChI is InChI=1S/C30H52O5/c1-5-6-7-8-9-10-11-12-13-14-18-21-30(31)35-28(4)24-34-27(3)23-33-26(2)22-32-25-29-19-16-15-17-20-29/h15-17,19-20,26-28H,5-14,18,21-25H2,1-4H3. The van der Waals surface area contributed by atoms with Crippen LogP contribution in [0.5, 0.6) is 0 Å². The maximum Gasteiger partial charge on any atom is 0.306 e. The molecule has 0 amide bonds. The number of benzene rings is 1. The number of esters is 1. The molecule has 0 aliphatic carbocycles. The maximum atomic E-state index is 12.1. The first-order valence-corrected chi connectivity index (χ1v) is 14.1. The van der Waals surface area contributed by atoms with Gasteiger partial charge in [-0.25, -0.2) is 0 Å². The minimum atomic E-state index is -0.246. The van der Waals surface area contributed by atoms with E-state index in [1.54, 1.807) is 0 Å². The van der Waals surface area contributed by atoms with Crippen molar-refractivity contribution in [1.29, 1.82) is 0 Å². The fraction of sp³-hybridized carbons (Fsp3) is 0.767. The third-order valence-corrected chi connectivity index (χ3v) is 6.01. The van der Waals surface area contributed by atoms with E-state index in [2.05, 4.69) is 6.92 Å². The lowest BCUT2D eigenvalue weighted by Crippen LogP contribution is -2.27. The van der Waals surface area contributed by atoms with Crippen LogP contribution in [0.3, 0.4) is 0 Å². The number of unbranched alkanes of at least 4 members (excludes halogenated alkanes) is 10. The second-order valence-corrected chi connectivity index (χ2v) is 9.87. The molecule has 3 atom stereocenters. The molecule has 0 N–H and O–H groups in total. The summed E-state index contributed by atoms with van der Waals surface area (Å²) in [6.45, 7) is 10.1. The van der Waals surface area contributed by atoms with Crippen molar-refractivity contribution in [2.75, 3.05) is 19.8 Å². The second kappa shape index (κ2) is 21.8. The van der Waals surface area contributed by atoms with Crippen LogP contribution in [0.4, 0.5) is 0 Å². The quantitative estimate of drug-likeness (QED) is 0.116. The molecule has 1 rings (SSSR count). The summed E-state index contributed by atoms with van der Waals surface area (Å²) in [5.41, 5.74) is 1.16. The van der Waals surface area contributed by atoms with Crippen LogP contribution in [0.15, 0.2) is 30.3 Å². The van der Waals surface area contributed by atoms with Gasteiger partial charge in [-0.15, -0.1) is 0 Å². The van der Waals surface area contributed by atoms with Gasteiger partial charge in [-0.05, 0) is 32.8 Å². The van der Waals surface area contributed by atoms with Crippen molar-refractivity contribution in [2.24, 2.45) is 0 Å². The molecule has 0 saturated heterocycles. The summed E-state index contributed by atoms with van der Waals surface area (Å²) in [4.78, 5) is 12.1. The smallest absolute Gasteiger partial charge is 0.306 e. The van der Waals surface area contributed by atoms with Gasteiger partial charge in [0.05, 0.1) is 38.6 Å². The summed E-state index contributed by atoms with van der Waals surface area (Å²) in [5, 5.41) is 0. The molecule has 0 aliphatic rings. The van der Waals surface area contributed by atoms with E-state index in [4.69, 9.17) is 18.9 Å². The highest BCUT2D eigenvalue weighted by molar-refractivity contribution is 5.69. The largest absolute Gasteiger partial charge is 0.460 e. The molecular weight excluding hydrogens is 440 g/mol. The van der Waals surface area contributed by atoms with Crippen molar-refractivity contribution in [3.63, 3.8) is 0 Å². The van der Waals surface area contributed by atoms with E-state index in [9.17, 15) is 4.79 Å². The van der Waals surface area contributed by atoms with E-state index >= 15 is 0 Å². The predicted octanol–water partition coefficient (Wildman–Crippen LogP) is 7.65. The van der Waals surface area contributed by atoms with Gasteiger partial charge >= 0.3 is 5.97 Å². The van der Waals surface area contributed by atoms with E-state index in [0.29, 0.717) is 32.8 Å². The SMILES string of the molecule is CCCCCCCCCCCCCC(=O)OC(C)COC(C)COC(C)COCc1ccccc1. The highest BCUT2D eigenvalue weighted by Gasteiger charge is 2.13. The molecule has 3 unspecified atom stereocenters. The van der Waals surface area contributed by atoms with Crippen LogP contribution in [0.1, 0.15) is 110 Å². The summed E-state index contributed by atoms with van der Waals surface area (Å²) in [5.74, 6) is -0.120. The Hall–Kier alpha value is -1.43. The van der Waals surface area contributed by atoms with Crippen LogP contribution in [0, 0.1) is 0 Å². The molecule has 35 heavy (non-hydrogen) atoms. The third-order valence-electron chi connectivity index (χ3n) is 6.01. The van der Waals surface area contributed by atoms with Gasteiger partial charge in [0.25, 0.3) is 0 Å². The van der Waals surface area contributed by atoms with E-state index in [0.717, 1.165) is 18.4 Å². The lowest BCUT2D eigenvalue weighted by Gasteiger charge is -2.20. The van der Waals surface area contributed by atoms with Gasteiger partial charge in [-0.3, -0.25) is 4.79 Å². The molecular formula is C30H52O5. The second-order valence-electron chi connectivity index (χ2n) is 9.87. The summed E-state index contributed by atoms with van der Waals surface area (Å²) in [6.07, 6.45) is 14.2. The van der Waals surface area contributed by atoms with Crippen LogP contribution < -0.4 is 0 Å². The zero-order valence-electron chi connectivity index (χ0n) is 23.0. The number of carbonyl (C=O) groups excluding carboxylic acids is 1. The average molecular weight is 493 g/mol. The Labute approximate surface area is 215 Å². The Balaban J connectivity index is 1.94. The van der Waals surface area contributed by atoms with Gasteiger partial charge < -0.3 is 18.9 Å². The Bertz CT molecular complexity index is 606. The molecule has 0 radical (unpaired) electrons. The van der Waals surface area contributed by atoms with E-state index in [-0.39, 0.29) is 24.3 Å². The molecule has 0 aliphatic heterocycles. The number of ether oxygens (including phenoxy) is 4. The summed E-state index contributed by atoms with van der Waals surface area (Å²) in [7, 11) is 0. The summed E-state index contributed by atoms with van der Waals surface area (Å²) < 4.78 is 22.8. The van der Waals surface area contributed by atoms with Gasteiger partial charge in [0.2, 0.25) is 0 Å². The molecule has 0 spiro atoms. The van der Waals surface area contributed by atoms with Crippen molar-refractivity contribution < 1.29 is 23.7 Å². The Morgan fingerprint density at radius 2 is 1.20 bits per heavy atom. The van der Waals surface area contributed by atoms with E-state index in [1.807, 2.05) is 51.1 Å². The van der Waals surface area contributed by atoms with Crippen molar-refractivity contribution >= 4 is 5.97 Å². The predicted molar refractivity (Wildman–Crippen MR) is 144 cm³/mol. The van der Waals surface area contributed by atoms with Crippen LogP contribution in [0.25, 0.3) is 0 Å². The fourth-order valence-electron chi connectivity index (χ4n) is 3.86. The third kappa shape index (κ3) is 19.4. The number of rotatable bonds is 23. The minimum absolute atomic E-state index is 0.00851. The Morgan fingerprint density at radius 1 is 0.686 bits per heavy atom. The van der Waals surface area contributed by atoms with Gasteiger partial charge in [-0.1, -0.05) is 101 Å². The first kappa shape index (κ1) is 31.6. The number of hydrogen-bond acceptors (Lipinski definition) is 5. The zero-order valence-corrected chi connectivity index (χ0v) is 23.0. The molecule has 1 aromatic rings. The van der Waals surface area contributed by atoms with Crippen LogP contribution in [0.2, 0.25) is 0 Å². The molecule has 1 aromatic carbocycles. The molecule has 5 nitrogen and oxygen atoms in total. The lowest BCUT2D eigenvalue weighted by molar-refractivity contribution is -0.153. The molecule has 202 valence electrons. The first-order chi connectivity index (χ1) is 17.0. The maximum absolute atomic E-state index is 12.1. The van der Waals surface area contributed by atoms with Crippen LogP contribution in [-0.4, -0.2) is 44.1 Å². The van der Waals surface area contributed by atoms with Crippen molar-refractivity contribution in [3.8, 4) is 0 Å². The summed E-state index contributed by atoms with van der Waals surface area (Å²) in [6, 6.07) is 10.1. The Morgan fingerprint density at radius 3 is 1.80 bits per heavy atom. The Kier molecular flexibility index (Phi) is 19.7. The highest BCUT2D eigenvalue weighted by atomic mass is 16.6. The summed E-state index contributed by atoms with van der Waals surface area (Å²) >= 11 is 0. The molecule has 0 fully saturated rings. The topological polar surface area (TPSA) is 54.0 Å². The van der Waals surface area contributed by atoms with Crippen LogP contribution in [-0.2, 0) is 30.3 Å². The average Bonchev–Trinajstić information content (AvgIpc) is 2.85. The van der Waals surface area contributed by atoms with E-state index < -0.39 is 0 Å². The van der Waals surface area contributed by atoms with Gasteiger partial charge in [0, 0.05) is 6.42 Å². The number of carbonyl (C=O) groups is 1. The molecule has 0 bridgehead atoms. The minimum Gasteiger partial charge on any atom is -0.460 e. The first-order valence-electron chi connectivity index (χ1n) is 14.1. The van der Waals surface area contributed by atoms with Crippen molar-refractivity contribution in [3.05, 3.63) is 35.9 Å². The fourth-order valence-corrected chi connectivity index (χ4v) is 3.86. The van der Waals surface area contributed by atoms with Gasteiger partial charge in [0.1, 0.15) is 6.10 Å². The highest BCUT2D eigenvalue weighted by Crippen LogP contribution is 2.12. The monoisotopic (exact) mass is 492 g/mol. The lowest BCUT2D eigenvalue weighted by atomic mass is 10.1. The zero-order chi connectivity index (χ0) is 25.6. The van der Waals surface area contributed by atoms with Crippen molar-refractivity contribution in [1.82, 2.24) is 0 Å². The molecule has 0 heterocycles. The van der Waals surface area contributed by atoms with Crippen LogP contribution >= 0.6 is 0 Å². The van der Waals surface area contributed by atoms with Gasteiger partial charge in [0.15, 0.2) is 0 Å². The molecule has 5 heteroatoms. The van der Waals surface area contributed by atoms with Gasteiger partial charge in [-0.2, -0.15) is 0 Å². The van der Waals surface area contributed by atoms with E-state index in [1.165, 1.54) is 57.8 Å². The number of hydrogen-bond donors (Lipinski definition) is 0. The molecule has 0 aromatic heterocycles. The molecule has 0 saturated carbocycles.